The van der Waals surface area contributed by atoms with Gasteiger partial charge in [0.1, 0.15) is 5.82 Å². The molecule has 1 aromatic heterocycles. The number of nitrogens with zero attached hydrogens (tertiary/aromatic N) is 1. The molecule has 0 atom stereocenters. The third kappa shape index (κ3) is 5.90. The van der Waals surface area contributed by atoms with E-state index in [0.29, 0.717) is 19.8 Å². The standard InChI is InChI=1S/C21H28FN3OS.HI/c1-3-18-7-8-19(27-18)14-24-20(23-2)25-15-21(9-11-26-12-10-21)16-5-4-6-17(22)13-16;/h4-8,13H,3,9-12,14-15H2,1-2H3,(H2,23,24,25);1H. The molecule has 0 bridgehead atoms. The van der Waals surface area contributed by atoms with Crippen LogP contribution in [-0.2, 0) is 23.1 Å². The molecule has 3 rings (SSSR count). The summed E-state index contributed by atoms with van der Waals surface area (Å²) in [6, 6.07) is 11.3. The van der Waals surface area contributed by atoms with E-state index in [-0.39, 0.29) is 35.2 Å². The molecule has 2 N–H and O–H groups in total. The molecule has 0 aliphatic carbocycles. The number of aliphatic imine (C=N–C) groups is 1. The van der Waals surface area contributed by atoms with Gasteiger partial charge in [-0.1, -0.05) is 19.1 Å². The zero-order valence-electron chi connectivity index (χ0n) is 16.5. The van der Waals surface area contributed by atoms with Crippen molar-refractivity contribution < 1.29 is 9.13 Å². The lowest BCUT2D eigenvalue weighted by atomic mass is 9.74. The molecule has 1 aliphatic rings. The molecule has 154 valence electrons. The Kier molecular flexibility index (Phi) is 9.17. The summed E-state index contributed by atoms with van der Waals surface area (Å²) in [6.45, 7) is 5.01. The highest BCUT2D eigenvalue weighted by atomic mass is 127. The van der Waals surface area contributed by atoms with Gasteiger partial charge in [0.2, 0.25) is 0 Å². The predicted octanol–water partition coefficient (Wildman–Crippen LogP) is 4.48. The van der Waals surface area contributed by atoms with Gasteiger partial charge < -0.3 is 15.4 Å². The second-order valence-corrected chi connectivity index (χ2v) is 8.16. The van der Waals surface area contributed by atoms with Crippen LogP contribution in [0.25, 0.3) is 0 Å². The SMILES string of the molecule is CCc1ccc(CNC(=NC)NCC2(c3cccc(F)c3)CCOCC2)s1.I. The maximum atomic E-state index is 13.8. The predicted molar refractivity (Wildman–Crippen MR) is 125 cm³/mol. The number of thiophene rings is 1. The van der Waals surface area contributed by atoms with Crippen LogP contribution in [0.3, 0.4) is 0 Å². The molecular weight excluding hydrogens is 488 g/mol. The van der Waals surface area contributed by atoms with E-state index in [2.05, 4.69) is 34.7 Å². The van der Waals surface area contributed by atoms with Crippen LogP contribution in [0.15, 0.2) is 41.4 Å². The topological polar surface area (TPSA) is 45.7 Å². The molecule has 0 saturated carbocycles. The second-order valence-electron chi connectivity index (χ2n) is 6.90. The first-order valence-corrected chi connectivity index (χ1v) is 10.3. The van der Waals surface area contributed by atoms with Crippen LogP contribution in [-0.4, -0.2) is 32.8 Å². The maximum Gasteiger partial charge on any atom is 0.191 e. The summed E-state index contributed by atoms with van der Waals surface area (Å²) >= 11 is 1.83. The van der Waals surface area contributed by atoms with Crippen molar-refractivity contribution in [3.63, 3.8) is 0 Å². The third-order valence-corrected chi connectivity index (χ3v) is 6.43. The number of nitrogens with one attached hydrogen (secondary N) is 2. The van der Waals surface area contributed by atoms with Gasteiger partial charge in [-0.2, -0.15) is 0 Å². The van der Waals surface area contributed by atoms with Crippen LogP contribution >= 0.6 is 35.3 Å². The Bertz CT molecular complexity index is 775. The van der Waals surface area contributed by atoms with Crippen LogP contribution in [0, 0.1) is 5.82 Å². The molecule has 2 aromatic rings. The van der Waals surface area contributed by atoms with Gasteiger partial charge in [0, 0.05) is 42.0 Å². The van der Waals surface area contributed by atoms with Crippen molar-refractivity contribution in [2.75, 3.05) is 26.8 Å². The summed E-state index contributed by atoms with van der Waals surface area (Å²) in [5.74, 6) is 0.578. The number of aryl methyl sites for hydroxylation is 1. The lowest BCUT2D eigenvalue weighted by Crippen LogP contribution is -2.47. The van der Waals surface area contributed by atoms with E-state index >= 15 is 0 Å². The number of rotatable bonds is 6. The van der Waals surface area contributed by atoms with Crippen molar-refractivity contribution >= 4 is 41.3 Å². The minimum absolute atomic E-state index is 0. The summed E-state index contributed by atoms with van der Waals surface area (Å²) in [6.07, 6.45) is 2.80. The summed E-state index contributed by atoms with van der Waals surface area (Å²) in [7, 11) is 1.78. The number of benzene rings is 1. The Morgan fingerprint density at radius 3 is 2.57 bits per heavy atom. The van der Waals surface area contributed by atoms with Crippen molar-refractivity contribution in [1.82, 2.24) is 10.6 Å². The smallest absolute Gasteiger partial charge is 0.191 e. The number of hydrogen-bond donors (Lipinski definition) is 2. The highest BCUT2D eigenvalue weighted by molar-refractivity contribution is 14.0. The summed E-state index contributed by atoms with van der Waals surface area (Å²) in [4.78, 5) is 7.03. The van der Waals surface area contributed by atoms with Gasteiger partial charge in [0.25, 0.3) is 0 Å². The molecule has 0 unspecified atom stereocenters. The minimum atomic E-state index is -0.190. The van der Waals surface area contributed by atoms with E-state index in [1.54, 1.807) is 19.2 Å². The first-order valence-electron chi connectivity index (χ1n) is 9.51. The summed E-state index contributed by atoms with van der Waals surface area (Å²) < 4.78 is 19.4. The van der Waals surface area contributed by atoms with Crippen molar-refractivity contribution in [3.05, 3.63) is 57.5 Å². The largest absolute Gasteiger partial charge is 0.381 e. The maximum absolute atomic E-state index is 13.8. The number of guanidine groups is 1. The van der Waals surface area contributed by atoms with E-state index < -0.39 is 0 Å². The first kappa shape index (κ1) is 23.1. The van der Waals surface area contributed by atoms with Gasteiger partial charge in [0.15, 0.2) is 5.96 Å². The van der Waals surface area contributed by atoms with Crippen molar-refractivity contribution in [3.8, 4) is 0 Å². The van der Waals surface area contributed by atoms with Crippen LogP contribution in [0.4, 0.5) is 4.39 Å². The molecular formula is C21H29FIN3OS. The zero-order chi connectivity index (χ0) is 19.1. The normalized spacial score (nSPS) is 16.3. The minimum Gasteiger partial charge on any atom is -0.381 e. The highest BCUT2D eigenvalue weighted by Gasteiger charge is 2.34. The first-order chi connectivity index (χ1) is 13.1. The van der Waals surface area contributed by atoms with Crippen LogP contribution < -0.4 is 10.6 Å². The Morgan fingerprint density at radius 2 is 1.93 bits per heavy atom. The number of ether oxygens (including phenoxy) is 1. The molecule has 1 aromatic carbocycles. The van der Waals surface area contributed by atoms with Crippen molar-refractivity contribution in [2.24, 2.45) is 4.99 Å². The molecule has 0 radical (unpaired) electrons. The van der Waals surface area contributed by atoms with E-state index in [1.807, 2.05) is 17.4 Å². The Morgan fingerprint density at radius 1 is 1.18 bits per heavy atom. The average molecular weight is 517 g/mol. The van der Waals surface area contributed by atoms with Crippen LogP contribution in [0.1, 0.15) is 35.1 Å². The Hall–Kier alpha value is -1.19. The molecule has 0 amide bonds. The van der Waals surface area contributed by atoms with Crippen molar-refractivity contribution in [2.45, 2.75) is 38.1 Å². The molecule has 7 heteroatoms. The Balaban J connectivity index is 0.00000280. The molecule has 1 fully saturated rings. The van der Waals surface area contributed by atoms with E-state index in [1.165, 1.54) is 15.8 Å². The van der Waals surface area contributed by atoms with E-state index in [4.69, 9.17) is 4.74 Å². The monoisotopic (exact) mass is 517 g/mol. The van der Waals surface area contributed by atoms with Gasteiger partial charge in [-0.3, -0.25) is 4.99 Å². The molecule has 1 aliphatic heterocycles. The van der Waals surface area contributed by atoms with E-state index in [0.717, 1.165) is 37.3 Å². The third-order valence-electron chi connectivity index (χ3n) is 5.20. The highest BCUT2D eigenvalue weighted by Crippen LogP contribution is 2.34. The lowest BCUT2D eigenvalue weighted by molar-refractivity contribution is 0.0513. The van der Waals surface area contributed by atoms with Crippen molar-refractivity contribution in [1.29, 1.82) is 0 Å². The summed E-state index contributed by atoms with van der Waals surface area (Å²) in [5.41, 5.74) is 0.885. The quantitative estimate of drug-likeness (QED) is 0.338. The number of halogens is 2. The zero-order valence-corrected chi connectivity index (χ0v) is 19.6. The van der Waals surface area contributed by atoms with Gasteiger partial charge in [0.05, 0.1) is 6.54 Å². The van der Waals surface area contributed by atoms with Gasteiger partial charge in [-0.25, -0.2) is 4.39 Å². The fraction of sp³-hybridized carbons (Fsp3) is 0.476. The summed E-state index contributed by atoms with van der Waals surface area (Å²) in [5, 5.41) is 6.84. The average Bonchev–Trinajstić information content (AvgIpc) is 3.17. The fourth-order valence-corrected chi connectivity index (χ4v) is 4.40. The van der Waals surface area contributed by atoms with Crippen LogP contribution in [0.2, 0.25) is 0 Å². The number of hydrogen-bond acceptors (Lipinski definition) is 3. The molecule has 0 spiro atoms. The van der Waals surface area contributed by atoms with E-state index in [9.17, 15) is 4.39 Å². The molecule has 2 heterocycles. The molecule has 28 heavy (non-hydrogen) atoms. The van der Waals surface area contributed by atoms with Gasteiger partial charge in [-0.05, 0) is 49.1 Å². The Labute approximate surface area is 188 Å². The fourth-order valence-electron chi connectivity index (χ4n) is 3.50. The second kappa shape index (κ2) is 11.1. The van der Waals surface area contributed by atoms with Gasteiger partial charge >= 0.3 is 0 Å². The van der Waals surface area contributed by atoms with Crippen LogP contribution in [0.5, 0.6) is 0 Å². The molecule has 4 nitrogen and oxygen atoms in total. The lowest BCUT2D eigenvalue weighted by Gasteiger charge is -2.38. The van der Waals surface area contributed by atoms with Gasteiger partial charge in [-0.15, -0.1) is 35.3 Å². The molecule has 1 saturated heterocycles.